The highest BCUT2D eigenvalue weighted by Crippen LogP contribution is 2.26. The van der Waals surface area contributed by atoms with Gasteiger partial charge in [-0.05, 0) is 26.8 Å². The monoisotopic (exact) mass is 445 g/mol. The Bertz CT molecular complexity index is 1070. The number of hydrogen-bond donors (Lipinski definition) is 1. The average Bonchev–Trinajstić information content (AvgIpc) is 3.15. The Morgan fingerprint density at radius 2 is 1.84 bits per heavy atom. The number of methoxy groups -OCH3 is 1. The van der Waals surface area contributed by atoms with Crippen molar-refractivity contribution in [2.24, 2.45) is 0 Å². The van der Waals surface area contributed by atoms with Gasteiger partial charge in [0, 0.05) is 26.2 Å². The van der Waals surface area contributed by atoms with Gasteiger partial charge in [0.2, 0.25) is 0 Å². The maximum atomic E-state index is 14.5. The van der Waals surface area contributed by atoms with Crippen LogP contribution in [0, 0.1) is 17.7 Å². The summed E-state index contributed by atoms with van der Waals surface area (Å²) in [6.45, 7) is 8.94. The molecule has 2 aromatic rings. The number of fused-ring (bicyclic) bond motifs is 1. The summed E-state index contributed by atoms with van der Waals surface area (Å²) in [6, 6.07) is 1.46. The average molecular weight is 445 g/mol. The van der Waals surface area contributed by atoms with Gasteiger partial charge in [0.25, 0.3) is 0 Å². The number of carbonyl (C=O) groups is 2. The van der Waals surface area contributed by atoms with Crippen molar-refractivity contribution < 1.29 is 23.5 Å². The summed E-state index contributed by atoms with van der Waals surface area (Å²) in [7, 11) is 1.21. The zero-order chi connectivity index (χ0) is 23.5. The quantitative estimate of drug-likeness (QED) is 0.438. The van der Waals surface area contributed by atoms with Crippen LogP contribution >= 0.6 is 0 Å². The third-order valence-corrected chi connectivity index (χ3v) is 5.00. The van der Waals surface area contributed by atoms with Crippen LogP contribution in [-0.4, -0.2) is 76.8 Å². The number of carbonyl (C=O) groups excluding carboxylic acids is 2. The van der Waals surface area contributed by atoms with Gasteiger partial charge < -0.3 is 24.7 Å². The number of aromatic nitrogens is 2. The molecule has 0 saturated carbocycles. The molecule has 1 aromatic heterocycles. The van der Waals surface area contributed by atoms with E-state index in [0.29, 0.717) is 38.2 Å². The summed E-state index contributed by atoms with van der Waals surface area (Å²) < 4.78 is 26.2. The van der Waals surface area contributed by atoms with Crippen molar-refractivity contribution in [3.05, 3.63) is 23.8 Å². The number of nitrogens with two attached hydrogens (primary N) is 1. The minimum absolute atomic E-state index is 0.0462. The van der Waals surface area contributed by atoms with Crippen LogP contribution in [0.1, 0.15) is 31.1 Å². The van der Waals surface area contributed by atoms with Crippen LogP contribution in [0.25, 0.3) is 11.0 Å². The second-order valence-electron chi connectivity index (χ2n) is 8.48. The Hall–Kier alpha value is -3.32. The van der Waals surface area contributed by atoms with E-state index in [4.69, 9.17) is 10.5 Å². The van der Waals surface area contributed by atoms with Crippen LogP contribution in [0.2, 0.25) is 0 Å². The lowest BCUT2D eigenvalue weighted by molar-refractivity contribution is 0.0155. The number of nitrogens with zero attached hydrogens (tertiary/aromatic N) is 4. The molecule has 0 aliphatic carbocycles. The molecule has 1 amide bonds. The molecule has 2 N–H and O–H groups in total. The molecule has 172 valence electrons. The van der Waals surface area contributed by atoms with Crippen molar-refractivity contribution in [2.45, 2.75) is 32.9 Å². The number of hydrogen-bond acceptors (Lipinski definition) is 7. The van der Waals surface area contributed by atoms with Crippen LogP contribution in [0.15, 0.2) is 12.4 Å². The summed E-state index contributed by atoms with van der Waals surface area (Å²) in [5, 5.41) is 0. The summed E-state index contributed by atoms with van der Waals surface area (Å²) >= 11 is 0. The lowest BCUT2D eigenvalue weighted by Crippen LogP contribution is -2.50. The molecule has 32 heavy (non-hydrogen) atoms. The lowest BCUT2D eigenvalue weighted by atomic mass is 10.1. The summed E-state index contributed by atoms with van der Waals surface area (Å²) in [6.07, 6.45) is 1.16. The predicted molar refractivity (Wildman–Crippen MR) is 117 cm³/mol. The molecule has 9 nitrogen and oxygen atoms in total. The van der Waals surface area contributed by atoms with Gasteiger partial charge in [0.1, 0.15) is 11.1 Å². The topological polar surface area (TPSA) is 103 Å². The smallest absolute Gasteiger partial charge is 0.410 e. The van der Waals surface area contributed by atoms with Crippen LogP contribution in [0.3, 0.4) is 0 Å². The highest BCUT2D eigenvalue weighted by atomic mass is 19.1. The maximum absolute atomic E-state index is 14.5. The summed E-state index contributed by atoms with van der Waals surface area (Å²) in [5.74, 6) is 4.68. The third kappa shape index (κ3) is 5.29. The van der Waals surface area contributed by atoms with E-state index in [-0.39, 0.29) is 29.4 Å². The minimum Gasteiger partial charge on any atom is -0.465 e. The van der Waals surface area contributed by atoms with Crippen molar-refractivity contribution in [1.82, 2.24) is 19.4 Å². The summed E-state index contributed by atoms with van der Waals surface area (Å²) in [5.41, 5.74) is 5.36. The first-order valence-corrected chi connectivity index (χ1v) is 10.3. The number of ether oxygens (including phenoxy) is 2. The Kier molecular flexibility index (Phi) is 6.89. The number of piperazine rings is 1. The fourth-order valence-corrected chi connectivity index (χ4v) is 3.30. The molecule has 10 heteroatoms. The van der Waals surface area contributed by atoms with Gasteiger partial charge in [0.15, 0.2) is 5.82 Å². The van der Waals surface area contributed by atoms with Crippen LogP contribution < -0.4 is 5.73 Å². The number of rotatable bonds is 3. The van der Waals surface area contributed by atoms with Crippen molar-refractivity contribution in [1.29, 1.82) is 0 Å². The van der Waals surface area contributed by atoms with E-state index in [1.54, 1.807) is 9.47 Å². The Morgan fingerprint density at radius 1 is 1.19 bits per heavy atom. The van der Waals surface area contributed by atoms with Crippen molar-refractivity contribution in [3.63, 3.8) is 0 Å². The first-order valence-electron chi connectivity index (χ1n) is 10.3. The van der Waals surface area contributed by atoms with E-state index in [0.717, 1.165) is 0 Å². The molecule has 0 bridgehead atoms. The number of amides is 1. The normalized spacial score (nSPS) is 14.7. The van der Waals surface area contributed by atoms with E-state index in [1.165, 1.54) is 19.5 Å². The SMILES string of the molecule is COC(=O)c1cc2c(ncn2CC#CCN2CCN(C(=O)OC(C)(C)C)CC2)c(F)c1N. The molecular weight excluding hydrogens is 417 g/mol. The Labute approximate surface area is 186 Å². The molecule has 1 fully saturated rings. The first kappa shape index (κ1) is 23.3. The van der Waals surface area contributed by atoms with Gasteiger partial charge in [0.05, 0.1) is 43.3 Å². The molecule has 0 radical (unpaired) electrons. The number of esters is 1. The van der Waals surface area contributed by atoms with Crippen molar-refractivity contribution >= 4 is 28.8 Å². The molecule has 0 atom stereocenters. The standard InChI is InChI=1S/C22H28FN5O4/c1-22(2,3)32-21(30)27-11-9-26(10-12-27)7-5-6-8-28-14-25-19-16(28)13-15(20(29)31-4)18(24)17(19)23/h13-14H,7-12,24H2,1-4H3. The second-order valence-corrected chi connectivity index (χ2v) is 8.48. The van der Waals surface area contributed by atoms with E-state index in [1.807, 2.05) is 20.8 Å². The fraction of sp³-hybridized carbons (Fsp3) is 0.500. The molecule has 1 aliphatic rings. The van der Waals surface area contributed by atoms with E-state index in [9.17, 15) is 14.0 Å². The number of halogens is 1. The Morgan fingerprint density at radius 3 is 2.47 bits per heavy atom. The number of imidazole rings is 1. The van der Waals surface area contributed by atoms with Gasteiger partial charge in [-0.25, -0.2) is 19.0 Å². The number of anilines is 1. The first-order chi connectivity index (χ1) is 15.1. The van der Waals surface area contributed by atoms with E-state index in [2.05, 4.69) is 26.5 Å². The highest BCUT2D eigenvalue weighted by molar-refractivity contribution is 6.00. The largest absolute Gasteiger partial charge is 0.465 e. The third-order valence-electron chi connectivity index (χ3n) is 5.00. The zero-order valence-corrected chi connectivity index (χ0v) is 18.8. The molecule has 1 saturated heterocycles. The van der Waals surface area contributed by atoms with Crippen LogP contribution in [0.5, 0.6) is 0 Å². The van der Waals surface area contributed by atoms with E-state index >= 15 is 0 Å². The number of benzene rings is 1. The molecule has 1 aliphatic heterocycles. The summed E-state index contributed by atoms with van der Waals surface area (Å²) in [4.78, 5) is 31.9. The Balaban J connectivity index is 1.59. The fourth-order valence-electron chi connectivity index (χ4n) is 3.30. The number of nitrogen functional groups attached to an aromatic ring is 1. The van der Waals surface area contributed by atoms with E-state index < -0.39 is 17.4 Å². The molecule has 0 unspecified atom stereocenters. The predicted octanol–water partition coefficient (Wildman–Crippen LogP) is 2.10. The molecule has 3 rings (SSSR count). The second kappa shape index (κ2) is 9.44. The van der Waals surface area contributed by atoms with Crippen molar-refractivity contribution in [3.8, 4) is 11.8 Å². The van der Waals surface area contributed by atoms with Gasteiger partial charge >= 0.3 is 12.1 Å². The molecule has 2 heterocycles. The van der Waals surface area contributed by atoms with Gasteiger partial charge in [-0.3, -0.25) is 4.90 Å². The molecular formula is C22H28FN5O4. The maximum Gasteiger partial charge on any atom is 0.410 e. The molecule has 1 aromatic carbocycles. The van der Waals surface area contributed by atoms with Crippen LogP contribution in [0.4, 0.5) is 14.9 Å². The van der Waals surface area contributed by atoms with Crippen molar-refractivity contribution in [2.75, 3.05) is 45.6 Å². The highest BCUT2D eigenvalue weighted by Gasteiger charge is 2.25. The minimum atomic E-state index is -0.752. The molecule has 0 spiro atoms. The van der Waals surface area contributed by atoms with Gasteiger partial charge in [-0.2, -0.15) is 0 Å². The van der Waals surface area contributed by atoms with Gasteiger partial charge in [-0.1, -0.05) is 11.8 Å². The lowest BCUT2D eigenvalue weighted by Gasteiger charge is -2.34. The van der Waals surface area contributed by atoms with Crippen LogP contribution in [-0.2, 0) is 16.0 Å². The zero-order valence-electron chi connectivity index (χ0n) is 18.8. The van der Waals surface area contributed by atoms with Gasteiger partial charge in [-0.15, -0.1) is 0 Å².